The van der Waals surface area contributed by atoms with Crippen molar-refractivity contribution in [1.82, 2.24) is 0 Å². The van der Waals surface area contributed by atoms with E-state index in [1.54, 1.807) is 0 Å². The fourth-order valence-corrected chi connectivity index (χ4v) is 2.67. The average molecular weight is 259 g/mol. The first-order chi connectivity index (χ1) is 8.72. The van der Waals surface area contributed by atoms with E-state index < -0.39 is 6.04 Å². The van der Waals surface area contributed by atoms with Gasteiger partial charge in [0.05, 0.1) is 0 Å². The first-order valence-electron chi connectivity index (χ1n) is 6.14. The predicted molar refractivity (Wildman–Crippen MR) is 76.0 cm³/mol. The van der Waals surface area contributed by atoms with Gasteiger partial charge in [0.2, 0.25) is 0 Å². The molecule has 0 spiro atoms. The molecular formula is C15H17NOS. The number of rotatable bonds is 5. The Morgan fingerprint density at radius 1 is 1.33 bits per heavy atom. The largest absolute Gasteiger partial charge is 0.317 e. The average Bonchev–Trinajstić information content (AvgIpc) is 2.91. The minimum Gasteiger partial charge on any atom is -0.317 e. The van der Waals surface area contributed by atoms with Crippen LogP contribution in [0.2, 0.25) is 0 Å². The number of Topliss-reactive ketones (excluding diaryl/α,β-unsaturated/α-hetero) is 1. The molecule has 0 aliphatic heterocycles. The summed E-state index contributed by atoms with van der Waals surface area (Å²) in [5.41, 5.74) is 7.91. The fourth-order valence-electron chi connectivity index (χ4n) is 1.95. The van der Waals surface area contributed by atoms with Gasteiger partial charge in [-0.25, -0.2) is 0 Å². The quantitative estimate of drug-likeness (QED) is 0.834. The van der Waals surface area contributed by atoms with Gasteiger partial charge in [0.1, 0.15) is 6.04 Å². The third-order valence-corrected chi connectivity index (χ3v) is 3.84. The van der Waals surface area contributed by atoms with E-state index in [4.69, 9.17) is 5.73 Å². The molecule has 0 aliphatic rings. The van der Waals surface area contributed by atoms with Gasteiger partial charge in [0, 0.05) is 10.4 Å². The second kappa shape index (κ2) is 5.94. The number of hydrogen-bond donors (Lipinski definition) is 1. The molecule has 94 valence electrons. The second-order valence-corrected chi connectivity index (χ2v) is 5.29. The SMILES string of the molecule is CCCc1cccc(C(=O)C(N)c2cccs2)c1. The van der Waals surface area contributed by atoms with Crippen molar-refractivity contribution in [2.45, 2.75) is 25.8 Å². The smallest absolute Gasteiger partial charge is 0.184 e. The molecule has 1 heterocycles. The zero-order valence-electron chi connectivity index (χ0n) is 10.4. The molecule has 0 fully saturated rings. The van der Waals surface area contributed by atoms with E-state index in [0.717, 1.165) is 17.7 Å². The topological polar surface area (TPSA) is 43.1 Å². The highest BCUT2D eigenvalue weighted by Gasteiger charge is 2.18. The molecule has 2 aromatic rings. The van der Waals surface area contributed by atoms with Crippen molar-refractivity contribution in [3.05, 3.63) is 57.8 Å². The summed E-state index contributed by atoms with van der Waals surface area (Å²) >= 11 is 1.52. The molecule has 0 saturated carbocycles. The van der Waals surface area contributed by atoms with Crippen LogP contribution in [-0.2, 0) is 6.42 Å². The third-order valence-electron chi connectivity index (χ3n) is 2.88. The van der Waals surface area contributed by atoms with Crippen molar-refractivity contribution in [3.63, 3.8) is 0 Å². The monoisotopic (exact) mass is 259 g/mol. The zero-order valence-corrected chi connectivity index (χ0v) is 11.2. The highest BCUT2D eigenvalue weighted by Crippen LogP contribution is 2.21. The van der Waals surface area contributed by atoms with Gasteiger partial charge in [0.15, 0.2) is 5.78 Å². The van der Waals surface area contributed by atoms with Gasteiger partial charge >= 0.3 is 0 Å². The molecule has 3 heteroatoms. The van der Waals surface area contributed by atoms with E-state index in [2.05, 4.69) is 13.0 Å². The van der Waals surface area contributed by atoms with Gasteiger partial charge in [0.25, 0.3) is 0 Å². The van der Waals surface area contributed by atoms with Crippen LogP contribution in [0, 0.1) is 0 Å². The summed E-state index contributed by atoms with van der Waals surface area (Å²) in [5.74, 6) is -0.00426. The van der Waals surface area contributed by atoms with Crippen LogP contribution in [0.3, 0.4) is 0 Å². The Balaban J connectivity index is 2.20. The van der Waals surface area contributed by atoms with Gasteiger partial charge in [-0.3, -0.25) is 4.79 Å². The highest BCUT2D eigenvalue weighted by atomic mass is 32.1. The van der Waals surface area contributed by atoms with Gasteiger partial charge in [-0.15, -0.1) is 11.3 Å². The third kappa shape index (κ3) is 2.86. The van der Waals surface area contributed by atoms with Gasteiger partial charge < -0.3 is 5.73 Å². The van der Waals surface area contributed by atoms with E-state index in [0.29, 0.717) is 5.56 Å². The highest BCUT2D eigenvalue weighted by molar-refractivity contribution is 7.10. The van der Waals surface area contributed by atoms with Crippen molar-refractivity contribution in [1.29, 1.82) is 0 Å². The number of nitrogens with two attached hydrogens (primary N) is 1. The first-order valence-corrected chi connectivity index (χ1v) is 7.02. The Labute approximate surface area is 111 Å². The lowest BCUT2D eigenvalue weighted by atomic mass is 10.00. The number of benzene rings is 1. The number of carbonyl (C=O) groups is 1. The van der Waals surface area contributed by atoms with Gasteiger partial charge in [-0.1, -0.05) is 37.6 Å². The summed E-state index contributed by atoms with van der Waals surface area (Å²) in [5, 5.41) is 1.94. The summed E-state index contributed by atoms with van der Waals surface area (Å²) in [6.45, 7) is 2.13. The van der Waals surface area contributed by atoms with E-state index in [-0.39, 0.29) is 5.78 Å². The minimum absolute atomic E-state index is 0.00426. The maximum Gasteiger partial charge on any atom is 0.184 e. The molecule has 1 aromatic heterocycles. The Morgan fingerprint density at radius 2 is 2.17 bits per heavy atom. The van der Waals surface area contributed by atoms with Crippen LogP contribution < -0.4 is 5.73 Å². The summed E-state index contributed by atoms with van der Waals surface area (Å²) < 4.78 is 0. The maximum absolute atomic E-state index is 12.3. The molecule has 1 atom stereocenters. The number of hydrogen-bond acceptors (Lipinski definition) is 3. The molecule has 0 bridgehead atoms. The maximum atomic E-state index is 12.3. The molecule has 1 aromatic carbocycles. The lowest BCUT2D eigenvalue weighted by molar-refractivity contribution is 0.0962. The molecule has 2 nitrogen and oxygen atoms in total. The predicted octanol–water partition coefficient (Wildman–Crippen LogP) is 3.58. The van der Waals surface area contributed by atoms with E-state index >= 15 is 0 Å². The summed E-state index contributed by atoms with van der Waals surface area (Å²) in [6.07, 6.45) is 2.07. The Hall–Kier alpha value is -1.45. The van der Waals surface area contributed by atoms with Crippen LogP contribution in [0.15, 0.2) is 41.8 Å². The molecular weight excluding hydrogens is 242 g/mol. The molecule has 0 saturated heterocycles. The summed E-state index contributed by atoms with van der Waals surface area (Å²) in [6, 6.07) is 11.1. The number of thiophene rings is 1. The Bertz CT molecular complexity index is 519. The van der Waals surface area contributed by atoms with E-state index in [9.17, 15) is 4.79 Å². The van der Waals surface area contributed by atoms with Crippen LogP contribution >= 0.6 is 11.3 Å². The summed E-state index contributed by atoms with van der Waals surface area (Å²) in [7, 11) is 0. The fraction of sp³-hybridized carbons (Fsp3) is 0.267. The van der Waals surface area contributed by atoms with Crippen LogP contribution in [0.1, 0.15) is 40.2 Å². The molecule has 1 unspecified atom stereocenters. The van der Waals surface area contributed by atoms with Gasteiger partial charge in [-0.2, -0.15) is 0 Å². The number of aryl methyl sites for hydroxylation is 1. The number of ketones is 1. The second-order valence-electron chi connectivity index (χ2n) is 4.31. The zero-order chi connectivity index (χ0) is 13.0. The van der Waals surface area contributed by atoms with Crippen molar-refractivity contribution in [2.24, 2.45) is 5.73 Å². The van der Waals surface area contributed by atoms with E-state index in [1.807, 2.05) is 35.7 Å². The standard InChI is InChI=1S/C15H17NOS/c1-2-5-11-6-3-7-12(10-11)15(17)14(16)13-8-4-9-18-13/h3-4,6-10,14H,2,5,16H2,1H3. The van der Waals surface area contributed by atoms with Crippen LogP contribution in [0.4, 0.5) is 0 Å². The lowest BCUT2D eigenvalue weighted by Gasteiger charge is -2.09. The van der Waals surface area contributed by atoms with Crippen LogP contribution in [-0.4, -0.2) is 5.78 Å². The molecule has 0 aliphatic carbocycles. The first kappa shape index (κ1) is 13.0. The summed E-state index contributed by atoms with van der Waals surface area (Å²) in [4.78, 5) is 13.2. The number of carbonyl (C=O) groups excluding carboxylic acids is 1. The van der Waals surface area contributed by atoms with Crippen molar-refractivity contribution >= 4 is 17.1 Å². The van der Waals surface area contributed by atoms with Crippen molar-refractivity contribution in [2.75, 3.05) is 0 Å². The molecule has 2 N–H and O–H groups in total. The van der Waals surface area contributed by atoms with E-state index in [1.165, 1.54) is 16.9 Å². The van der Waals surface area contributed by atoms with Crippen LogP contribution in [0.25, 0.3) is 0 Å². The normalized spacial score (nSPS) is 12.3. The molecule has 18 heavy (non-hydrogen) atoms. The van der Waals surface area contributed by atoms with Crippen LogP contribution in [0.5, 0.6) is 0 Å². The Morgan fingerprint density at radius 3 is 2.83 bits per heavy atom. The van der Waals surface area contributed by atoms with Crippen molar-refractivity contribution in [3.8, 4) is 0 Å². The minimum atomic E-state index is -0.540. The Kier molecular flexibility index (Phi) is 4.28. The molecule has 0 radical (unpaired) electrons. The van der Waals surface area contributed by atoms with Gasteiger partial charge in [-0.05, 0) is 29.5 Å². The lowest BCUT2D eigenvalue weighted by Crippen LogP contribution is -2.20. The molecule has 2 rings (SSSR count). The molecule has 0 amide bonds. The van der Waals surface area contributed by atoms with Crippen molar-refractivity contribution < 1.29 is 4.79 Å².